The van der Waals surface area contributed by atoms with Crippen LogP contribution in [-0.2, 0) is 6.42 Å². The molecule has 1 atom stereocenters. The highest BCUT2D eigenvalue weighted by atomic mass is 16.3. The predicted molar refractivity (Wildman–Crippen MR) is 289 cm³/mol. The van der Waals surface area contributed by atoms with E-state index in [-0.39, 0.29) is 5.92 Å². The molecule has 12 aromatic rings. The molecule has 0 saturated heterocycles. The van der Waals surface area contributed by atoms with Gasteiger partial charge in [0.15, 0.2) is 17.5 Å². The molecule has 14 rings (SSSR count). The summed E-state index contributed by atoms with van der Waals surface area (Å²) >= 11 is 0. The number of hydrogen-bond acceptors (Lipinski definition) is 6. The highest BCUT2D eigenvalue weighted by Gasteiger charge is 2.29. The van der Waals surface area contributed by atoms with Crippen LogP contribution in [0.25, 0.3) is 94.7 Å². The third-order valence-electron chi connectivity index (χ3n) is 14.1. The van der Waals surface area contributed by atoms with Gasteiger partial charge in [-0.25, -0.2) is 24.9 Å². The second-order valence-electron chi connectivity index (χ2n) is 18.3. The maximum Gasteiger partial charge on any atom is 0.235 e. The Kier molecular flexibility index (Phi) is 9.59. The second kappa shape index (κ2) is 16.7. The van der Waals surface area contributed by atoms with Crippen molar-refractivity contribution >= 4 is 61.1 Å². The van der Waals surface area contributed by atoms with Crippen LogP contribution in [0, 0.1) is 0 Å². The quantitative estimate of drug-likeness (QED) is 0.166. The summed E-state index contributed by atoms with van der Waals surface area (Å²) in [6.07, 6.45) is 3.71. The molecule has 4 heterocycles. The van der Waals surface area contributed by atoms with Gasteiger partial charge in [-0.3, -0.25) is 4.57 Å². The molecular weight excluding hydrogens is 869 g/mol. The molecule has 2 aliphatic rings. The molecule has 9 aromatic carbocycles. The summed E-state index contributed by atoms with van der Waals surface area (Å²) in [5, 5.41) is 4.43. The summed E-state index contributed by atoms with van der Waals surface area (Å²) in [7, 11) is 0. The van der Waals surface area contributed by atoms with Gasteiger partial charge in [0.25, 0.3) is 0 Å². The topological polar surface area (TPSA) is 81.5 Å². The van der Waals surface area contributed by atoms with Crippen molar-refractivity contribution in [2.45, 2.75) is 18.8 Å². The zero-order valence-electron chi connectivity index (χ0n) is 38.4. The summed E-state index contributed by atoms with van der Waals surface area (Å²) in [6, 6.07) is 76.5. The van der Waals surface area contributed by atoms with E-state index >= 15 is 0 Å². The molecule has 0 radical (unpaired) electrons. The van der Waals surface area contributed by atoms with Crippen LogP contribution < -0.4 is 0 Å². The Morgan fingerprint density at radius 1 is 0.437 bits per heavy atom. The van der Waals surface area contributed by atoms with Gasteiger partial charge in [0.1, 0.15) is 11.2 Å². The largest absolute Gasteiger partial charge is 0.455 e. The monoisotopic (exact) mass is 910 g/mol. The van der Waals surface area contributed by atoms with Gasteiger partial charge in [-0.1, -0.05) is 188 Å². The summed E-state index contributed by atoms with van der Waals surface area (Å²) < 4.78 is 9.06. The number of benzene rings is 9. The maximum absolute atomic E-state index is 6.78. The Bertz CT molecular complexity index is 4090. The van der Waals surface area contributed by atoms with Gasteiger partial charge in [0.2, 0.25) is 5.96 Å². The summed E-state index contributed by atoms with van der Waals surface area (Å²) in [5.41, 5.74) is 16.7. The zero-order chi connectivity index (χ0) is 46.8. The minimum absolute atomic E-state index is 0.107. The Labute approximate surface area is 409 Å². The van der Waals surface area contributed by atoms with Crippen LogP contribution in [0.1, 0.15) is 40.2 Å². The number of fused-ring (bicyclic) bond motifs is 9. The SMILES string of the molecule is C1=C(c2ccccc2)N=C(n2c3ccccc3c3cc4c(cc32)-c2ccccc2C(c2ccc3oc5c(-c6nc(-c7ccccc7)nc(-c7ccccc7)n6)cccc5c3c2)C4)N=C(c2ccccc2)C1. The minimum atomic E-state index is 0.107. The number of rotatable bonds is 6. The van der Waals surface area contributed by atoms with Crippen molar-refractivity contribution in [3.63, 3.8) is 0 Å². The van der Waals surface area contributed by atoms with E-state index in [2.05, 4.69) is 156 Å². The van der Waals surface area contributed by atoms with Crippen LogP contribution in [0.15, 0.2) is 239 Å². The molecule has 7 nitrogen and oxygen atoms in total. The number of hydrogen-bond donors (Lipinski definition) is 0. The molecule has 0 saturated carbocycles. The van der Waals surface area contributed by atoms with Gasteiger partial charge >= 0.3 is 0 Å². The van der Waals surface area contributed by atoms with Gasteiger partial charge in [-0.05, 0) is 81.8 Å². The van der Waals surface area contributed by atoms with Gasteiger partial charge in [-0.2, -0.15) is 0 Å². The lowest BCUT2D eigenvalue weighted by molar-refractivity contribution is 0.669. The van der Waals surface area contributed by atoms with Crippen LogP contribution in [0.5, 0.6) is 0 Å². The van der Waals surface area contributed by atoms with E-state index in [0.29, 0.717) is 29.9 Å². The number of para-hydroxylation sites is 2. The van der Waals surface area contributed by atoms with E-state index in [0.717, 1.165) is 78.6 Å². The van der Waals surface area contributed by atoms with Crippen molar-refractivity contribution in [1.82, 2.24) is 19.5 Å². The van der Waals surface area contributed by atoms with Crippen molar-refractivity contribution in [2.75, 3.05) is 0 Å². The zero-order valence-corrected chi connectivity index (χ0v) is 38.4. The molecular formula is C64H42N6O. The van der Waals surface area contributed by atoms with Crippen LogP contribution in [0.3, 0.4) is 0 Å². The number of aliphatic imine (C=N–C) groups is 2. The lowest BCUT2D eigenvalue weighted by Gasteiger charge is -2.28. The van der Waals surface area contributed by atoms with E-state index in [1.54, 1.807) is 0 Å². The van der Waals surface area contributed by atoms with E-state index < -0.39 is 0 Å². The van der Waals surface area contributed by atoms with Crippen molar-refractivity contribution in [3.8, 4) is 45.3 Å². The van der Waals surface area contributed by atoms with Crippen LogP contribution in [-0.4, -0.2) is 31.2 Å². The first-order chi connectivity index (χ1) is 35.2. The number of allylic oxidation sites excluding steroid dienone is 1. The Morgan fingerprint density at radius 2 is 1.06 bits per heavy atom. The Hall–Kier alpha value is -9.33. The fraction of sp³-hybridized carbons (Fsp3) is 0.0469. The molecule has 0 amide bonds. The Morgan fingerprint density at radius 3 is 1.80 bits per heavy atom. The van der Waals surface area contributed by atoms with Crippen molar-refractivity contribution in [3.05, 3.63) is 252 Å². The molecule has 334 valence electrons. The molecule has 3 aromatic heterocycles. The van der Waals surface area contributed by atoms with Crippen molar-refractivity contribution in [1.29, 1.82) is 0 Å². The molecule has 71 heavy (non-hydrogen) atoms. The van der Waals surface area contributed by atoms with Gasteiger partial charge < -0.3 is 4.42 Å². The maximum atomic E-state index is 6.78. The molecule has 1 aliphatic carbocycles. The molecule has 0 spiro atoms. The summed E-state index contributed by atoms with van der Waals surface area (Å²) in [6.45, 7) is 0. The molecule has 1 unspecified atom stereocenters. The number of aromatic nitrogens is 4. The van der Waals surface area contributed by atoms with Crippen LogP contribution in [0.4, 0.5) is 0 Å². The average molecular weight is 911 g/mol. The lowest BCUT2D eigenvalue weighted by Crippen LogP contribution is -2.14. The third kappa shape index (κ3) is 7.00. The minimum Gasteiger partial charge on any atom is -0.455 e. The van der Waals surface area contributed by atoms with Crippen LogP contribution >= 0.6 is 0 Å². The summed E-state index contributed by atoms with van der Waals surface area (Å²) in [4.78, 5) is 25.9. The standard InChI is InChI=1S/C64H42N6O/c1-5-18-40(19-6-1)55-33-34-56(41-20-7-2-8-21-41)66-64(65-55)70-57-31-16-15-28-48(57)53-38-45-37-51(46-26-13-14-27-47(46)52(45)39-58(53)70)44-32-35-59-54(36-44)49-29-17-30-50(60(49)71-59)63-68-61(42-22-9-3-10-23-42)67-62(69-63)43-24-11-4-12-25-43/h1-33,35-36,38-39,51H,34,37H2. The van der Waals surface area contributed by atoms with Crippen molar-refractivity contribution in [2.24, 2.45) is 9.98 Å². The predicted octanol–water partition coefficient (Wildman–Crippen LogP) is 15.4. The normalized spacial score (nSPS) is 14.5. The molecule has 7 heteroatoms. The average Bonchev–Trinajstić information content (AvgIpc) is 3.88. The van der Waals surface area contributed by atoms with Gasteiger partial charge in [-0.15, -0.1) is 0 Å². The lowest BCUT2D eigenvalue weighted by atomic mass is 9.75. The fourth-order valence-electron chi connectivity index (χ4n) is 10.7. The molecule has 0 N–H and O–H groups in total. The van der Waals surface area contributed by atoms with E-state index in [4.69, 9.17) is 29.4 Å². The van der Waals surface area contributed by atoms with E-state index in [1.165, 1.54) is 38.6 Å². The highest BCUT2D eigenvalue weighted by Crippen LogP contribution is 2.47. The van der Waals surface area contributed by atoms with Crippen molar-refractivity contribution < 1.29 is 4.42 Å². The van der Waals surface area contributed by atoms with Gasteiger partial charge in [0.05, 0.1) is 28.0 Å². The van der Waals surface area contributed by atoms with E-state index in [9.17, 15) is 0 Å². The smallest absolute Gasteiger partial charge is 0.235 e. The summed E-state index contributed by atoms with van der Waals surface area (Å²) in [5.74, 6) is 2.55. The van der Waals surface area contributed by atoms with E-state index in [1.807, 2.05) is 72.8 Å². The number of nitrogens with zero attached hydrogens (tertiary/aromatic N) is 6. The van der Waals surface area contributed by atoms with Gasteiger partial charge in [0, 0.05) is 45.0 Å². The molecule has 0 bridgehead atoms. The fourth-order valence-corrected chi connectivity index (χ4v) is 10.7. The Balaban J connectivity index is 0.895. The first-order valence-corrected chi connectivity index (χ1v) is 24.1. The third-order valence-corrected chi connectivity index (χ3v) is 14.1. The first-order valence-electron chi connectivity index (χ1n) is 24.1. The second-order valence-corrected chi connectivity index (χ2v) is 18.3. The molecule has 0 fully saturated rings. The number of furan rings is 1. The molecule has 1 aliphatic heterocycles. The van der Waals surface area contributed by atoms with Crippen LogP contribution in [0.2, 0.25) is 0 Å². The first kappa shape index (κ1) is 40.7. The highest BCUT2D eigenvalue weighted by molar-refractivity contribution is 6.19.